The molecular weight excluding hydrogens is 224 g/mol. The average Bonchev–Trinajstić information content (AvgIpc) is 2.35. The van der Waals surface area contributed by atoms with Gasteiger partial charge < -0.3 is 15.1 Å². The summed E-state index contributed by atoms with van der Waals surface area (Å²) in [7, 11) is 4.23. The van der Waals surface area contributed by atoms with Crippen molar-refractivity contribution in [1.82, 2.24) is 9.88 Å². The molecule has 0 bridgehead atoms. The summed E-state index contributed by atoms with van der Waals surface area (Å²) in [5, 5.41) is 3.26. The Kier molecular flexibility index (Phi) is 6.50. The Morgan fingerprint density at radius 3 is 2.61 bits per heavy atom. The number of anilines is 2. The highest BCUT2D eigenvalue weighted by Gasteiger charge is 2.05. The van der Waals surface area contributed by atoms with E-state index in [4.69, 9.17) is 0 Å². The zero-order valence-corrected chi connectivity index (χ0v) is 12.1. The second-order valence-corrected chi connectivity index (χ2v) is 4.67. The number of rotatable bonds is 8. The first-order chi connectivity index (χ1) is 8.67. The molecule has 18 heavy (non-hydrogen) atoms. The number of hydrogen-bond acceptors (Lipinski definition) is 4. The molecule has 0 aliphatic heterocycles. The molecule has 1 heterocycles. The molecule has 0 atom stereocenters. The van der Waals surface area contributed by atoms with Crippen LogP contribution in [0.3, 0.4) is 0 Å². The molecule has 1 N–H and O–H groups in total. The Labute approximate surface area is 111 Å². The Morgan fingerprint density at radius 1 is 1.22 bits per heavy atom. The monoisotopic (exact) mass is 250 g/mol. The number of hydrogen-bond donors (Lipinski definition) is 1. The van der Waals surface area contributed by atoms with Crippen LogP contribution in [0.2, 0.25) is 0 Å². The van der Waals surface area contributed by atoms with E-state index in [0.717, 1.165) is 32.0 Å². The third-order valence-electron chi connectivity index (χ3n) is 2.88. The molecule has 0 fully saturated rings. The summed E-state index contributed by atoms with van der Waals surface area (Å²) in [6.45, 7) is 8.43. The van der Waals surface area contributed by atoms with Gasteiger partial charge in [-0.2, -0.15) is 0 Å². The van der Waals surface area contributed by atoms with Crippen molar-refractivity contribution in [2.75, 3.05) is 50.5 Å². The minimum atomic E-state index is 0.906. The molecule has 102 valence electrons. The van der Waals surface area contributed by atoms with Gasteiger partial charge in [-0.25, -0.2) is 4.98 Å². The summed E-state index contributed by atoms with van der Waals surface area (Å²) in [4.78, 5) is 8.93. The van der Waals surface area contributed by atoms with Crippen LogP contribution < -0.4 is 10.2 Å². The molecule has 0 saturated heterocycles. The van der Waals surface area contributed by atoms with Gasteiger partial charge in [0.15, 0.2) is 0 Å². The summed E-state index contributed by atoms with van der Waals surface area (Å²) < 4.78 is 0. The van der Waals surface area contributed by atoms with Gasteiger partial charge in [-0.05, 0) is 47.0 Å². The van der Waals surface area contributed by atoms with Crippen molar-refractivity contribution in [2.45, 2.75) is 20.3 Å². The normalized spacial score (nSPS) is 10.7. The van der Waals surface area contributed by atoms with Crippen molar-refractivity contribution < 1.29 is 0 Å². The number of nitrogens with zero attached hydrogens (tertiary/aromatic N) is 3. The van der Waals surface area contributed by atoms with Crippen molar-refractivity contribution in [3.8, 4) is 0 Å². The quantitative estimate of drug-likeness (QED) is 0.767. The van der Waals surface area contributed by atoms with E-state index in [1.807, 2.05) is 6.20 Å². The van der Waals surface area contributed by atoms with Crippen LogP contribution in [0.25, 0.3) is 0 Å². The lowest BCUT2D eigenvalue weighted by Crippen LogP contribution is -2.27. The first-order valence-corrected chi connectivity index (χ1v) is 6.77. The number of pyridine rings is 1. The van der Waals surface area contributed by atoms with Crippen molar-refractivity contribution >= 4 is 11.5 Å². The van der Waals surface area contributed by atoms with Crippen LogP contribution in [-0.4, -0.2) is 50.2 Å². The predicted octanol–water partition coefficient (Wildman–Crippen LogP) is 2.29. The highest BCUT2D eigenvalue weighted by atomic mass is 15.1. The van der Waals surface area contributed by atoms with Gasteiger partial charge in [-0.3, -0.25) is 0 Å². The fourth-order valence-electron chi connectivity index (χ4n) is 1.94. The van der Waals surface area contributed by atoms with Crippen LogP contribution in [0, 0.1) is 0 Å². The summed E-state index contributed by atoms with van der Waals surface area (Å²) in [6.07, 6.45) is 3.06. The standard InChI is InChI=1S/C14H26N4/c1-5-15-14-12-13(8-9-16-14)18(6-2)11-7-10-17(3)4/h8-9,12H,5-7,10-11H2,1-4H3,(H,15,16). The van der Waals surface area contributed by atoms with E-state index in [2.05, 4.69) is 60.2 Å². The van der Waals surface area contributed by atoms with Crippen molar-refractivity contribution in [2.24, 2.45) is 0 Å². The Morgan fingerprint density at radius 2 is 2.00 bits per heavy atom. The second kappa shape index (κ2) is 7.93. The van der Waals surface area contributed by atoms with E-state index in [0.29, 0.717) is 0 Å². The fraction of sp³-hybridized carbons (Fsp3) is 0.643. The van der Waals surface area contributed by atoms with Gasteiger partial charge in [-0.1, -0.05) is 0 Å². The molecule has 0 saturated carbocycles. The lowest BCUT2D eigenvalue weighted by molar-refractivity contribution is 0.400. The minimum absolute atomic E-state index is 0.906. The topological polar surface area (TPSA) is 31.4 Å². The smallest absolute Gasteiger partial charge is 0.127 e. The van der Waals surface area contributed by atoms with Crippen LogP contribution >= 0.6 is 0 Å². The van der Waals surface area contributed by atoms with E-state index >= 15 is 0 Å². The Hall–Kier alpha value is -1.29. The molecule has 1 aromatic heterocycles. The largest absolute Gasteiger partial charge is 0.372 e. The van der Waals surface area contributed by atoms with Crippen molar-refractivity contribution in [3.05, 3.63) is 18.3 Å². The Balaban J connectivity index is 2.60. The predicted molar refractivity (Wildman–Crippen MR) is 79.5 cm³/mol. The molecule has 0 aliphatic carbocycles. The molecule has 0 aromatic carbocycles. The summed E-state index contributed by atoms with van der Waals surface area (Å²) >= 11 is 0. The zero-order chi connectivity index (χ0) is 13.4. The first-order valence-electron chi connectivity index (χ1n) is 6.77. The van der Waals surface area contributed by atoms with Gasteiger partial charge in [0.2, 0.25) is 0 Å². The summed E-state index contributed by atoms with van der Waals surface area (Å²) in [5.41, 5.74) is 1.25. The molecule has 4 nitrogen and oxygen atoms in total. The van der Waals surface area contributed by atoms with Crippen LogP contribution in [0.5, 0.6) is 0 Å². The molecule has 4 heteroatoms. The lowest BCUT2D eigenvalue weighted by atomic mass is 10.3. The van der Waals surface area contributed by atoms with Crippen LogP contribution in [-0.2, 0) is 0 Å². The van der Waals surface area contributed by atoms with Gasteiger partial charge in [0.25, 0.3) is 0 Å². The van der Waals surface area contributed by atoms with Gasteiger partial charge in [0.05, 0.1) is 0 Å². The highest BCUT2D eigenvalue weighted by molar-refractivity contribution is 5.53. The van der Waals surface area contributed by atoms with E-state index in [1.54, 1.807) is 0 Å². The fourth-order valence-corrected chi connectivity index (χ4v) is 1.94. The van der Waals surface area contributed by atoms with E-state index in [-0.39, 0.29) is 0 Å². The third kappa shape index (κ3) is 4.92. The first kappa shape index (κ1) is 14.8. The average molecular weight is 250 g/mol. The molecule has 1 aromatic rings. The molecule has 0 spiro atoms. The number of nitrogens with one attached hydrogen (secondary N) is 1. The molecule has 1 rings (SSSR count). The maximum atomic E-state index is 4.31. The van der Waals surface area contributed by atoms with Crippen LogP contribution in [0.15, 0.2) is 18.3 Å². The summed E-state index contributed by atoms with van der Waals surface area (Å²) in [5.74, 6) is 0.959. The lowest BCUT2D eigenvalue weighted by Gasteiger charge is -2.24. The third-order valence-corrected chi connectivity index (χ3v) is 2.88. The molecule has 0 unspecified atom stereocenters. The van der Waals surface area contributed by atoms with Crippen molar-refractivity contribution in [3.63, 3.8) is 0 Å². The van der Waals surface area contributed by atoms with Gasteiger partial charge in [0.1, 0.15) is 5.82 Å². The van der Waals surface area contributed by atoms with E-state index in [1.165, 1.54) is 12.1 Å². The van der Waals surface area contributed by atoms with Crippen molar-refractivity contribution in [1.29, 1.82) is 0 Å². The second-order valence-electron chi connectivity index (χ2n) is 4.67. The molecule has 0 amide bonds. The van der Waals surface area contributed by atoms with E-state index in [9.17, 15) is 0 Å². The van der Waals surface area contributed by atoms with E-state index < -0.39 is 0 Å². The van der Waals surface area contributed by atoms with Gasteiger partial charge >= 0.3 is 0 Å². The van der Waals surface area contributed by atoms with Crippen LogP contribution in [0.4, 0.5) is 11.5 Å². The van der Waals surface area contributed by atoms with Crippen LogP contribution in [0.1, 0.15) is 20.3 Å². The minimum Gasteiger partial charge on any atom is -0.372 e. The zero-order valence-electron chi connectivity index (χ0n) is 12.1. The maximum Gasteiger partial charge on any atom is 0.127 e. The van der Waals surface area contributed by atoms with Gasteiger partial charge in [0, 0.05) is 37.6 Å². The SMILES string of the molecule is CCNc1cc(N(CC)CCCN(C)C)ccn1. The Bertz CT molecular complexity index is 338. The molecule has 0 radical (unpaired) electrons. The van der Waals surface area contributed by atoms with Gasteiger partial charge in [-0.15, -0.1) is 0 Å². The summed E-state index contributed by atoms with van der Waals surface area (Å²) in [6, 6.07) is 4.21. The maximum absolute atomic E-state index is 4.31. The molecule has 0 aliphatic rings. The highest BCUT2D eigenvalue weighted by Crippen LogP contribution is 2.17. The number of aromatic nitrogens is 1. The molecular formula is C14H26N4.